The number of anilines is 1. The number of pyridine rings is 3. The first kappa shape index (κ1) is 18.4. The van der Waals surface area contributed by atoms with E-state index in [0.717, 1.165) is 33.3 Å². The van der Waals surface area contributed by atoms with Crippen LogP contribution in [0.5, 0.6) is 0 Å². The maximum Gasteiger partial charge on any atom is 0.231 e. The Labute approximate surface area is 161 Å². The fourth-order valence-electron chi connectivity index (χ4n) is 3.20. The lowest BCUT2D eigenvalue weighted by atomic mass is 10.0. The van der Waals surface area contributed by atoms with Gasteiger partial charge in [-0.1, -0.05) is 0 Å². The van der Waals surface area contributed by atoms with E-state index in [1.165, 1.54) is 0 Å². The minimum absolute atomic E-state index is 0.285. The van der Waals surface area contributed by atoms with Crippen LogP contribution in [-0.2, 0) is 11.2 Å². The van der Waals surface area contributed by atoms with E-state index < -0.39 is 18.2 Å². The number of hydrogen-bond acceptors (Lipinski definition) is 5. The van der Waals surface area contributed by atoms with Crippen LogP contribution in [0.1, 0.15) is 24.6 Å². The maximum absolute atomic E-state index is 13.0. The Morgan fingerprint density at radius 3 is 2.61 bits per heavy atom. The summed E-state index contributed by atoms with van der Waals surface area (Å²) < 4.78 is 13.0. The number of rotatable bonds is 5. The van der Waals surface area contributed by atoms with E-state index in [4.69, 9.17) is 0 Å². The van der Waals surface area contributed by atoms with Crippen LogP contribution in [0.3, 0.4) is 0 Å². The number of aryl methyl sites for hydroxylation is 1. The maximum atomic E-state index is 13.0. The molecule has 3 aromatic heterocycles. The third kappa shape index (κ3) is 3.84. The van der Waals surface area contributed by atoms with Crippen LogP contribution in [0, 0.1) is 12.8 Å². The van der Waals surface area contributed by atoms with Gasteiger partial charge in [-0.2, -0.15) is 0 Å². The summed E-state index contributed by atoms with van der Waals surface area (Å²) in [6, 6.07) is 5.61. The average molecular weight is 380 g/mol. The van der Waals surface area contributed by atoms with Crippen molar-refractivity contribution in [3.8, 4) is 11.3 Å². The number of aliphatic hydroxyl groups is 1. The van der Waals surface area contributed by atoms with Crippen LogP contribution in [0.15, 0.2) is 36.8 Å². The van der Waals surface area contributed by atoms with Gasteiger partial charge in [-0.25, -0.2) is 9.37 Å². The number of aromatic nitrogens is 3. The van der Waals surface area contributed by atoms with Gasteiger partial charge in [0.25, 0.3) is 0 Å². The van der Waals surface area contributed by atoms with Gasteiger partial charge in [-0.3, -0.25) is 14.8 Å². The standard InChI is InChI=1S/C21H21FN4O2/c1-11-3-15(4-12(2)27)23-10-17(11)19-5-13-9-25-20(6-14(13)8-24-19)26-21(28)16-7-18(16)22/h3,5-6,8-10,12,16,18,27H,4,7H2,1-2H3,(H,25,26,28)/t12?,16-,18+/m0/s1. The molecule has 1 aliphatic rings. The molecule has 7 heteroatoms. The number of amides is 1. The van der Waals surface area contributed by atoms with Crippen molar-refractivity contribution in [2.24, 2.45) is 5.92 Å². The minimum atomic E-state index is -1.03. The number of hydrogen-bond donors (Lipinski definition) is 2. The number of nitrogens with one attached hydrogen (secondary N) is 1. The predicted molar refractivity (Wildman–Crippen MR) is 105 cm³/mol. The summed E-state index contributed by atoms with van der Waals surface area (Å²) in [7, 11) is 0. The number of carbonyl (C=O) groups is 1. The monoisotopic (exact) mass is 380 g/mol. The molecule has 0 aromatic carbocycles. The van der Waals surface area contributed by atoms with Crippen molar-refractivity contribution in [2.45, 2.75) is 39.0 Å². The van der Waals surface area contributed by atoms with E-state index in [-0.39, 0.29) is 12.3 Å². The Hall–Kier alpha value is -2.93. The van der Waals surface area contributed by atoms with Crippen molar-refractivity contribution >= 4 is 22.5 Å². The van der Waals surface area contributed by atoms with Gasteiger partial charge < -0.3 is 10.4 Å². The molecule has 144 valence electrons. The molecule has 1 amide bonds. The quantitative estimate of drug-likeness (QED) is 0.710. The lowest BCUT2D eigenvalue weighted by molar-refractivity contribution is -0.117. The summed E-state index contributed by atoms with van der Waals surface area (Å²) >= 11 is 0. The summed E-state index contributed by atoms with van der Waals surface area (Å²) in [5.74, 6) is -0.486. The van der Waals surface area contributed by atoms with Crippen LogP contribution < -0.4 is 5.32 Å². The number of aliphatic hydroxyl groups excluding tert-OH is 1. The van der Waals surface area contributed by atoms with Gasteiger partial charge in [0.1, 0.15) is 12.0 Å². The topological polar surface area (TPSA) is 88.0 Å². The zero-order chi connectivity index (χ0) is 19.8. The van der Waals surface area contributed by atoms with E-state index in [9.17, 15) is 14.3 Å². The Bertz CT molecular complexity index is 1050. The zero-order valence-corrected chi connectivity index (χ0v) is 15.7. The fourth-order valence-corrected chi connectivity index (χ4v) is 3.20. The lowest BCUT2D eigenvalue weighted by Gasteiger charge is -2.10. The zero-order valence-electron chi connectivity index (χ0n) is 15.7. The van der Waals surface area contributed by atoms with Gasteiger partial charge in [0, 0.05) is 47.0 Å². The summed E-state index contributed by atoms with van der Waals surface area (Å²) in [6.07, 6.45) is 4.48. The average Bonchev–Trinajstić information content (AvgIpc) is 3.38. The molecule has 0 aliphatic heterocycles. The summed E-state index contributed by atoms with van der Waals surface area (Å²) in [5, 5.41) is 13.9. The number of alkyl halides is 1. The van der Waals surface area contributed by atoms with Crippen molar-refractivity contribution in [2.75, 3.05) is 5.32 Å². The third-order valence-electron chi connectivity index (χ3n) is 4.85. The van der Waals surface area contributed by atoms with Gasteiger partial charge >= 0.3 is 0 Å². The first-order valence-electron chi connectivity index (χ1n) is 9.25. The van der Waals surface area contributed by atoms with Gasteiger partial charge in [0.2, 0.25) is 5.91 Å². The second kappa shape index (κ2) is 7.24. The molecule has 0 saturated heterocycles. The second-order valence-corrected chi connectivity index (χ2v) is 7.38. The molecule has 1 fully saturated rings. The molecule has 4 rings (SSSR count). The fraction of sp³-hybridized carbons (Fsp3) is 0.333. The summed E-state index contributed by atoms with van der Waals surface area (Å²) in [5.41, 5.74) is 3.55. The van der Waals surface area contributed by atoms with Crippen molar-refractivity contribution in [3.63, 3.8) is 0 Å². The van der Waals surface area contributed by atoms with Crippen LogP contribution in [0.25, 0.3) is 22.0 Å². The highest BCUT2D eigenvalue weighted by Crippen LogP contribution is 2.34. The SMILES string of the molecule is Cc1cc(CC(C)O)ncc1-c1cc2cnc(NC(=O)[C@H]3C[C@H]3F)cc2cn1. The van der Waals surface area contributed by atoms with Gasteiger partial charge in [0.15, 0.2) is 0 Å². The highest BCUT2D eigenvalue weighted by Gasteiger charge is 2.43. The van der Waals surface area contributed by atoms with Crippen LogP contribution >= 0.6 is 0 Å². The molecule has 0 radical (unpaired) electrons. The highest BCUT2D eigenvalue weighted by molar-refractivity contribution is 5.96. The number of carbonyl (C=O) groups excluding carboxylic acids is 1. The van der Waals surface area contributed by atoms with Gasteiger partial charge in [-0.15, -0.1) is 0 Å². The number of nitrogens with zero attached hydrogens (tertiary/aromatic N) is 3. The van der Waals surface area contributed by atoms with Crippen LogP contribution in [-0.4, -0.2) is 38.2 Å². The number of fused-ring (bicyclic) bond motifs is 1. The molecule has 6 nitrogen and oxygen atoms in total. The van der Waals surface area contributed by atoms with Crippen molar-refractivity contribution in [1.82, 2.24) is 15.0 Å². The molecular formula is C21H21FN4O2. The van der Waals surface area contributed by atoms with Gasteiger partial charge in [-0.05, 0) is 44.0 Å². The molecule has 2 N–H and O–H groups in total. The molecular weight excluding hydrogens is 359 g/mol. The molecule has 1 aliphatic carbocycles. The third-order valence-corrected chi connectivity index (χ3v) is 4.85. The summed E-state index contributed by atoms with van der Waals surface area (Å²) in [6.45, 7) is 3.72. The second-order valence-electron chi connectivity index (χ2n) is 7.38. The molecule has 0 bridgehead atoms. The first-order chi connectivity index (χ1) is 13.4. The smallest absolute Gasteiger partial charge is 0.231 e. The normalized spacial score (nSPS) is 19.4. The highest BCUT2D eigenvalue weighted by atomic mass is 19.1. The Morgan fingerprint density at radius 1 is 1.21 bits per heavy atom. The van der Waals surface area contributed by atoms with Gasteiger partial charge in [0.05, 0.1) is 17.7 Å². The minimum Gasteiger partial charge on any atom is -0.393 e. The van der Waals surface area contributed by atoms with E-state index in [2.05, 4.69) is 20.3 Å². The largest absolute Gasteiger partial charge is 0.393 e. The van der Waals surface area contributed by atoms with E-state index >= 15 is 0 Å². The molecule has 3 aromatic rings. The van der Waals surface area contributed by atoms with E-state index in [1.807, 2.05) is 19.1 Å². The van der Waals surface area contributed by atoms with Crippen LogP contribution in [0.4, 0.5) is 10.2 Å². The Kier molecular flexibility index (Phi) is 4.77. The Balaban J connectivity index is 1.58. The van der Waals surface area contributed by atoms with E-state index in [0.29, 0.717) is 12.2 Å². The Morgan fingerprint density at radius 2 is 1.93 bits per heavy atom. The van der Waals surface area contributed by atoms with Crippen LogP contribution in [0.2, 0.25) is 0 Å². The lowest BCUT2D eigenvalue weighted by Crippen LogP contribution is -2.15. The van der Waals surface area contributed by atoms with E-state index in [1.54, 1.807) is 31.6 Å². The number of halogens is 1. The molecule has 28 heavy (non-hydrogen) atoms. The first-order valence-corrected chi connectivity index (χ1v) is 9.25. The molecule has 0 spiro atoms. The predicted octanol–water partition coefficient (Wildman–Crippen LogP) is 3.22. The van der Waals surface area contributed by atoms with Crippen molar-refractivity contribution in [1.29, 1.82) is 0 Å². The van der Waals surface area contributed by atoms with Crippen molar-refractivity contribution < 1.29 is 14.3 Å². The molecule has 3 heterocycles. The molecule has 3 atom stereocenters. The van der Waals surface area contributed by atoms with Crippen molar-refractivity contribution in [3.05, 3.63) is 48.0 Å². The molecule has 1 unspecified atom stereocenters. The molecule has 1 saturated carbocycles. The summed E-state index contributed by atoms with van der Waals surface area (Å²) in [4.78, 5) is 25.1.